The highest BCUT2D eigenvalue weighted by Gasteiger charge is 2.11. The zero-order valence-corrected chi connectivity index (χ0v) is 11.0. The van der Waals surface area contributed by atoms with Gasteiger partial charge in [-0.15, -0.1) is 11.3 Å². The summed E-state index contributed by atoms with van der Waals surface area (Å²) in [7, 11) is 1.68. The van der Waals surface area contributed by atoms with E-state index in [0.717, 1.165) is 17.0 Å². The molecule has 0 saturated heterocycles. The number of methoxy groups -OCH3 is 1. The second kappa shape index (κ2) is 4.75. The maximum Gasteiger partial charge on any atom is 0.180 e. The lowest BCUT2D eigenvalue weighted by atomic mass is 10.00. The van der Waals surface area contributed by atoms with E-state index >= 15 is 0 Å². The molecule has 0 bridgehead atoms. The first-order chi connectivity index (χ1) is 8.11. The number of anilines is 1. The van der Waals surface area contributed by atoms with Crippen molar-refractivity contribution in [3.8, 4) is 17.0 Å². The van der Waals surface area contributed by atoms with Crippen molar-refractivity contribution in [1.29, 1.82) is 0 Å². The smallest absolute Gasteiger partial charge is 0.180 e. The molecule has 0 aliphatic heterocycles. The molecule has 0 spiro atoms. The van der Waals surface area contributed by atoms with E-state index < -0.39 is 0 Å². The number of benzene rings is 1. The summed E-state index contributed by atoms with van der Waals surface area (Å²) in [6.07, 6.45) is 0. The first-order valence-corrected chi connectivity index (χ1v) is 6.39. The van der Waals surface area contributed by atoms with E-state index in [-0.39, 0.29) is 0 Å². The van der Waals surface area contributed by atoms with Crippen LogP contribution in [-0.2, 0) is 0 Å². The molecule has 3 nitrogen and oxygen atoms in total. The van der Waals surface area contributed by atoms with Gasteiger partial charge in [0.25, 0.3) is 0 Å². The molecule has 2 N–H and O–H groups in total. The van der Waals surface area contributed by atoms with Crippen molar-refractivity contribution < 1.29 is 4.74 Å². The van der Waals surface area contributed by atoms with E-state index in [4.69, 9.17) is 10.5 Å². The number of hydrogen-bond donors (Lipinski definition) is 1. The summed E-state index contributed by atoms with van der Waals surface area (Å²) in [5.74, 6) is 1.33. The average molecular weight is 248 g/mol. The fourth-order valence-corrected chi connectivity index (χ4v) is 2.25. The Bertz CT molecular complexity index is 520. The summed E-state index contributed by atoms with van der Waals surface area (Å²) in [6, 6.07) is 6.22. The lowest BCUT2D eigenvalue weighted by Gasteiger charge is -2.11. The molecule has 0 atom stereocenters. The summed E-state index contributed by atoms with van der Waals surface area (Å²) < 4.78 is 5.42. The molecule has 1 aromatic heterocycles. The molecule has 90 valence electrons. The Hall–Kier alpha value is -1.55. The molecule has 4 heteroatoms. The number of thiazole rings is 1. The Morgan fingerprint density at radius 3 is 2.65 bits per heavy atom. The van der Waals surface area contributed by atoms with E-state index in [1.807, 2.05) is 11.4 Å². The highest BCUT2D eigenvalue weighted by Crippen LogP contribution is 2.33. The van der Waals surface area contributed by atoms with Gasteiger partial charge in [-0.05, 0) is 23.6 Å². The quantitative estimate of drug-likeness (QED) is 0.904. The van der Waals surface area contributed by atoms with Crippen LogP contribution < -0.4 is 10.5 Å². The predicted octanol–water partition coefficient (Wildman–Crippen LogP) is 3.52. The van der Waals surface area contributed by atoms with Gasteiger partial charge in [0, 0.05) is 10.9 Å². The molecular formula is C13H16N2OS. The van der Waals surface area contributed by atoms with Crippen LogP contribution in [0.5, 0.6) is 5.75 Å². The number of nitrogens with zero attached hydrogens (tertiary/aromatic N) is 1. The topological polar surface area (TPSA) is 48.1 Å². The molecule has 1 aromatic carbocycles. The maximum atomic E-state index is 5.65. The van der Waals surface area contributed by atoms with E-state index in [1.165, 1.54) is 16.9 Å². The Morgan fingerprint density at radius 2 is 2.12 bits per heavy atom. The van der Waals surface area contributed by atoms with Crippen LogP contribution in [0.1, 0.15) is 25.3 Å². The SMILES string of the molecule is COc1cc(C(C)C)ccc1-c1csc(N)n1. The minimum atomic E-state index is 0.485. The van der Waals surface area contributed by atoms with Gasteiger partial charge in [-0.25, -0.2) is 4.98 Å². The van der Waals surface area contributed by atoms with Gasteiger partial charge in [-0.1, -0.05) is 19.9 Å². The molecule has 2 rings (SSSR count). The Kier molecular flexibility index (Phi) is 3.33. The lowest BCUT2D eigenvalue weighted by molar-refractivity contribution is 0.415. The maximum absolute atomic E-state index is 5.65. The zero-order chi connectivity index (χ0) is 12.4. The first-order valence-electron chi connectivity index (χ1n) is 5.51. The van der Waals surface area contributed by atoms with Gasteiger partial charge in [-0.3, -0.25) is 0 Å². The summed E-state index contributed by atoms with van der Waals surface area (Å²) >= 11 is 1.44. The van der Waals surface area contributed by atoms with Gasteiger partial charge in [0.2, 0.25) is 0 Å². The van der Waals surface area contributed by atoms with Crippen molar-refractivity contribution in [3.63, 3.8) is 0 Å². The summed E-state index contributed by atoms with van der Waals surface area (Å²) in [4.78, 5) is 4.28. The number of nitrogens with two attached hydrogens (primary N) is 1. The van der Waals surface area contributed by atoms with Crippen molar-refractivity contribution in [3.05, 3.63) is 29.1 Å². The Balaban J connectivity index is 2.48. The third kappa shape index (κ3) is 2.42. The molecule has 0 radical (unpaired) electrons. The fourth-order valence-electron chi connectivity index (χ4n) is 1.69. The van der Waals surface area contributed by atoms with Gasteiger partial charge in [-0.2, -0.15) is 0 Å². The van der Waals surface area contributed by atoms with Crippen LogP contribution >= 0.6 is 11.3 Å². The van der Waals surface area contributed by atoms with Crippen LogP contribution in [0.3, 0.4) is 0 Å². The van der Waals surface area contributed by atoms with Crippen molar-refractivity contribution in [1.82, 2.24) is 4.98 Å². The van der Waals surface area contributed by atoms with E-state index in [2.05, 4.69) is 31.0 Å². The number of aromatic nitrogens is 1. The number of ether oxygens (including phenoxy) is 1. The van der Waals surface area contributed by atoms with Crippen molar-refractivity contribution in [2.45, 2.75) is 19.8 Å². The van der Waals surface area contributed by atoms with E-state index in [9.17, 15) is 0 Å². The average Bonchev–Trinajstić information content (AvgIpc) is 2.74. The van der Waals surface area contributed by atoms with Crippen molar-refractivity contribution >= 4 is 16.5 Å². The number of nitrogen functional groups attached to an aromatic ring is 1. The number of rotatable bonds is 3. The zero-order valence-electron chi connectivity index (χ0n) is 10.2. The Labute approximate surface area is 105 Å². The van der Waals surface area contributed by atoms with E-state index in [1.54, 1.807) is 7.11 Å². The van der Waals surface area contributed by atoms with Gasteiger partial charge in [0.1, 0.15) is 5.75 Å². The second-order valence-corrected chi connectivity index (χ2v) is 5.08. The van der Waals surface area contributed by atoms with Gasteiger partial charge in [0.15, 0.2) is 5.13 Å². The van der Waals surface area contributed by atoms with Gasteiger partial charge >= 0.3 is 0 Å². The normalized spacial score (nSPS) is 10.8. The predicted molar refractivity (Wildman–Crippen MR) is 72.6 cm³/mol. The van der Waals surface area contributed by atoms with Crippen molar-refractivity contribution in [2.24, 2.45) is 0 Å². The summed E-state index contributed by atoms with van der Waals surface area (Å²) in [5, 5.41) is 2.53. The molecule has 0 amide bonds. The van der Waals surface area contributed by atoms with Gasteiger partial charge < -0.3 is 10.5 Å². The van der Waals surface area contributed by atoms with Gasteiger partial charge in [0.05, 0.1) is 12.8 Å². The lowest BCUT2D eigenvalue weighted by Crippen LogP contribution is -1.93. The highest BCUT2D eigenvalue weighted by atomic mass is 32.1. The van der Waals surface area contributed by atoms with E-state index in [0.29, 0.717) is 11.0 Å². The first kappa shape index (κ1) is 11.9. The molecule has 0 aliphatic carbocycles. The fraction of sp³-hybridized carbons (Fsp3) is 0.308. The summed E-state index contributed by atoms with van der Waals surface area (Å²) in [6.45, 7) is 4.32. The van der Waals surface area contributed by atoms with Crippen LogP contribution in [-0.4, -0.2) is 12.1 Å². The van der Waals surface area contributed by atoms with Crippen LogP contribution in [0, 0.1) is 0 Å². The van der Waals surface area contributed by atoms with Crippen molar-refractivity contribution in [2.75, 3.05) is 12.8 Å². The molecule has 0 unspecified atom stereocenters. The monoisotopic (exact) mass is 248 g/mol. The standard InChI is InChI=1S/C13H16N2OS/c1-8(2)9-4-5-10(12(6-9)16-3)11-7-17-13(14)15-11/h4-8H,1-3H3,(H2,14,15). The molecule has 0 fully saturated rings. The minimum absolute atomic E-state index is 0.485. The summed E-state index contributed by atoms with van der Waals surface area (Å²) in [5.41, 5.74) is 8.78. The number of hydrogen-bond acceptors (Lipinski definition) is 4. The third-order valence-electron chi connectivity index (χ3n) is 2.69. The molecule has 17 heavy (non-hydrogen) atoms. The third-order valence-corrected chi connectivity index (χ3v) is 3.36. The highest BCUT2D eigenvalue weighted by molar-refractivity contribution is 7.13. The van der Waals surface area contributed by atoms with Crippen LogP contribution in [0.25, 0.3) is 11.3 Å². The largest absolute Gasteiger partial charge is 0.496 e. The molecule has 1 heterocycles. The second-order valence-electron chi connectivity index (χ2n) is 4.19. The van der Waals surface area contributed by atoms with Crippen LogP contribution in [0.4, 0.5) is 5.13 Å². The Morgan fingerprint density at radius 1 is 1.35 bits per heavy atom. The minimum Gasteiger partial charge on any atom is -0.496 e. The molecule has 2 aromatic rings. The van der Waals surface area contributed by atoms with Crippen LogP contribution in [0.2, 0.25) is 0 Å². The molecular weight excluding hydrogens is 232 g/mol. The molecule has 0 saturated carbocycles. The van der Waals surface area contributed by atoms with Crippen LogP contribution in [0.15, 0.2) is 23.6 Å². The molecule has 0 aliphatic rings.